The highest BCUT2D eigenvalue weighted by molar-refractivity contribution is 6.36. The Morgan fingerprint density at radius 2 is 1.65 bits per heavy atom. The van der Waals surface area contributed by atoms with E-state index in [9.17, 15) is 0 Å². The van der Waals surface area contributed by atoms with Crippen molar-refractivity contribution in [2.24, 2.45) is 5.92 Å². The third-order valence-corrected chi connectivity index (χ3v) is 5.38. The van der Waals surface area contributed by atoms with E-state index in [0.29, 0.717) is 5.92 Å². The summed E-state index contributed by atoms with van der Waals surface area (Å²) in [4.78, 5) is 0. The normalized spacial score (nSPS) is 21.6. The van der Waals surface area contributed by atoms with E-state index in [1.165, 1.54) is 11.1 Å². The molecule has 1 aliphatic rings. The molecule has 0 saturated heterocycles. The Balaban J connectivity index is 1.87. The monoisotopic (exact) mass is 324 g/mol. The van der Waals surface area contributed by atoms with Crippen molar-refractivity contribution < 1.29 is 0 Å². The Kier molecular flexibility index (Phi) is 4.26. The molecule has 0 spiro atoms. The molecule has 20 heavy (non-hydrogen) atoms. The summed E-state index contributed by atoms with van der Waals surface area (Å²) in [5.41, 5.74) is 3.65. The smallest absolute Gasteiger partial charge is 0.0619 e. The van der Waals surface area contributed by atoms with Crippen molar-refractivity contribution >= 4 is 34.8 Å². The lowest BCUT2D eigenvalue weighted by molar-refractivity contribution is 0.442. The van der Waals surface area contributed by atoms with Gasteiger partial charge < -0.3 is 0 Å². The number of fused-ring (bicyclic) bond motifs is 1. The van der Waals surface area contributed by atoms with Crippen molar-refractivity contribution in [3.63, 3.8) is 0 Å². The van der Waals surface area contributed by atoms with E-state index in [1.807, 2.05) is 18.2 Å². The molecule has 0 bridgehead atoms. The number of hydrogen-bond acceptors (Lipinski definition) is 0. The van der Waals surface area contributed by atoms with Crippen LogP contribution in [-0.4, -0.2) is 0 Å². The van der Waals surface area contributed by atoms with Crippen LogP contribution in [0, 0.1) is 5.92 Å². The molecule has 3 heteroatoms. The zero-order chi connectivity index (χ0) is 14.1. The zero-order valence-corrected chi connectivity index (χ0v) is 13.2. The molecule has 3 rings (SSSR count). The van der Waals surface area contributed by atoms with Crippen LogP contribution in [-0.2, 0) is 12.8 Å². The molecule has 1 aliphatic carbocycles. The number of hydrogen-bond donors (Lipinski definition) is 0. The van der Waals surface area contributed by atoms with Gasteiger partial charge in [-0.2, -0.15) is 0 Å². The molecule has 2 aromatic carbocycles. The quantitative estimate of drug-likeness (QED) is 0.587. The molecule has 0 saturated carbocycles. The summed E-state index contributed by atoms with van der Waals surface area (Å²) in [6.07, 6.45) is 2.99. The Morgan fingerprint density at radius 3 is 2.40 bits per heavy atom. The molecule has 2 aromatic rings. The van der Waals surface area contributed by atoms with Gasteiger partial charge in [0, 0.05) is 10.0 Å². The maximum absolute atomic E-state index is 6.68. The Labute approximate surface area is 134 Å². The second-order valence-corrected chi connectivity index (χ2v) is 6.59. The van der Waals surface area contributed by atoms with Gasteiger partial charge in [-0.1, -0.05) is 53.5 Å². The molecule has 0 fully saturated rings. The lowest BCUT2D eigenvalue weighted by Crippen LogP contribution is -2.19. The highest BCUT2D eigenvalue weighted by Crippen LogP contribution is 2.42. The lowest BCUT2D eigenvalue weighted by Gasteiger charge is -2.30. The summed E-state index contributed by atoms with van der Waals surface area (Å²) in [5, 5.41) is 1.51. The van der Waals surface area contributed by atoms with Gasteiger partial charge in [0.05, 0.1) is 5.38 Å². The minimum Gasteiger partial charge on any atom is -0.117 e. The fourth-order valence-corrected chi connectivity index (χ4v) is 3.95. The van der Waals surface area contributed by atoms with Crippen LogP contribution < -0.4 is 0 Å². The molecule has 0 aliphatic heterocycles. The average Bonchev–Trinajstić information content (AvgIpc) is 2.45. The van der Waals surface area contributed by atoms with Crippen molar-refractivity contribution in [1.82, 2.24) is 0 Å². The SMILES string of the molecule is Clc1cccc(Cl)c1CC1CCc2ccccc2C1Cl. The molecule has 0 radical (unpaired) electrons. The predicted molar refractivity (Wildman–Crippen MR) is 87.0 cm³/mol. The van der Waals surface area contributed by atoms with Crippen LogP contribution in [0.15, 0.2) is 42.5 Å². The third-order valence-electron chi connectivity index (χ3n) is 4.08. The van der Waals surface area contributed by atoms with Gasteiger partial charge in [-0.15, -0.1) is 11.6 Å². The van der Waals surface area contributed by atoms with E-state index in [1.54, 1.807) is 0 Å². The van der Waals surface area contributed by atoms with E-state index in [0.717, 1.165) is 34.9 Å². The van der Waals surface area contributed by atoms with Crippen molar-refractivity contribution in [3.05, 3.63) is 69.2 Å². The maximum Gasteiger partial charge on any atom is 0.0619 e. The number of halogens is 3. The molecule has 0 heterocycles. The standard InChI is InChI=1S/C17H15Cl3/c18-15-6-3-7-16(19)14(15)10-12-9-8-11-4-1-2-5-13(11)17(12)20/h1-7,12,17H,8-10H2. The van der Waals surface area contributed by atoms with Crippen LogP contribution in [0.4, 0.5) is 0 Å². The molecular weight excluding hydrogens is 311 g/mol. The number of benzene rings is 2. The first kappa shape index (κ1) is 14.3. The number of rotatable bonds is 2. The van der Waals surface area contributed by atoms with Gasteiger partial charge in [0.15, 0.2) is 0 Å². The van der Waals surface area contributed by atoms with Crippen molar-refractivity contribution in [2.75, 3.05) is 0 Å². The Bertz CT molecular complexity index is 601. The van der Waals surface area contributed by atoms with Crippen LogP contribution in [0.3, 0.4) is 0 Å². The maximum atomic E-state index is 6.68. The summed E-state index contributed by atoms with van der Waals surface area (Å²) in [6, 6.07) is 14.1. The summed E-state index contributed by atoms with van der Waals surface area (Å²) >= 11 is 19.2. The van der Waals surface area contributed by atoms with E-state index in [-0.39, 0.29) is 5.38 Å². The minimum absolute atomic E-state index is 0.0345. The summed E-state index contributed by atoms with van der Waals surface area (Å²) in [5.74, 6) is 0.379. The second kappa shape index (κ2) is 5.97. The number of aryl methyl sites for hydroxylation is 1. The summed E-state index contributed by atoms with van der Waals surface area (Å²) in [6.45, 7) is 0. The molecule has 0 aromatic heterocycles. The van der Waals surface area contributed by atoms with Crippen LogP contribution in [0.5, 0.6) is 0 Å². The largest absolute Gasteiger partial charge is 0.117 e. The van der Waals surface area contributed by atoms with E-state index in [4.69, 9.17) is 34.8 Å². The van der Waals surface area contributed by atoms with Gasteiger partial charge in [0.2, 0.25) is 0 Å². The topological polar surface area (TPSA) is 0 Å². The first-order valence-corrected chi connectivity index (χ1v) is 8.01. The van der Waals surface area contributed by atoms with Gasteiger partial charge in [0.25, 0.3) is 0 Å². The second-order valence-electron chi connectivity index (χ2n) is 5.30. The van der Waals surface area contributed by atoms with Crippen LogP contribution in [0.2, 0.25) is 10.0 Å². The van der Waals surface area contributed by atoms with E-state index < -0.39 is 0 Å². The lowest BCUT2D eigenvalue weighted by atomic mass is 9.80. The van der Waals surface area contributed by atoms with Crippen molar-refractivity contribution in [2.45, 2.75) is 24.6 Å². The highest BCUT2D eigenvalue weighted by atomic mass is 35.5. The average molecular weight is 326 g/mol. The molecule has 0 amide bonds. The van der Waals surface area contributed by atoms with Gasteiger partial charge in [-0.05, 0) is 54.0 Å². The fourth-order valence-electron chi connectivity index (χ4n) is 2.97. The fraction of sp³-hybridized carbons (Fsp3) is 0.294. The van der Waals surface area contributed by atoms with Crippen LogP contribution in [0.25, 0.3) is 0 Å². The van der Waals surface area contributed by atoms with Gasteiger partial charge in [-0.25, -0.2) is 0 Å². The minimum atomic E-state index is 0.0345. The zero-order valence-electron chi connectivity index (χ0n) is 11.0. The van der Waals surface area contributed by atoms with Crippen LogP contribution in [0.1, 0.15) is 28.5 Å². The Hall–Kier alpha value is -0.690. The first-order valence-electron chi connectivity index (χ1n) is 6.81. The summed E-state index contributed by atoms with van der Waals surface area (Å²) in [7, 11) is 0. The van der Waals surface area contributed by atoms with Gasteiger partial charge in [0.1, 0.15) is 0 Å². The number of alkyl halides is 1. The molecular formula is C17H15Cl3. The molecule has 2 atom stereocenters. The van der Waals surface area contributed by atoms with Gasteiger partial charge >= 0.3 is 0 Å². The Morgan fingerprint density at radius 1 is 0.950 bits per heavy atom. The molecule has 2 unspecified atom stereocenters. The van der Waals surface area contributed by atoms with Crippen LogP contribution >= 0.6 is 34.8 Å². The summed E-state index contributed by atoms with van der Waals surface area (Å²) < 4.78 is 0. The van der Waals surface area contributed by atoms with Crippen molar-refractivity contribution in [1.29, 1.82) is 0 Å². The van der Waals surface area contributed by atoms with Crippen molar-refractivity contribution in [3.8, 4) is 0 Å². The highest BCUT2D eigenvalue weighted by Gasteiger charge is 2.28. The van der Waals surface area contributed by atoms with Gasteiger partial charge in [-0.3, -0.25) is 0 Å². The third kappa shape index (κ3) is 2.70. The molecule has 0 nitrogen and oxygen atoms in total. The van der Waals surface area contributed by atoms with E-state index in [2.05, 4.69) is 24.3 Å². The van der Waals surface area contributed by atoms with E-state index >= 15 is 0 Å². The molecule has 104 valence electrons. The first-order chi connectivity index (χ1) is 9.66. The predicted octanol–water partition coefficient (Wildman–Crippen LogP) is 6.08. The molecule has 0 N–H and O–H groups in total.